The minimum atomic E-state index is -0.702. The van der Waals surface area contributed by atoms with Crippen molar-refractivity contribution in [2.75, 3.05) is 6.61 Å². The quantitative estimate of drug-likeness (QED) is 0.937. The third-order valence-corrected chi connectivity index (χ3v) is 3.87. The minimum Gasteiger partial charge on any atom is -0.493 e. The Labute approximate surface area is 121 Å². The maximum atomic E-state index is 13.7. The van der Waals surface area contributed by atoms with Gasteiger partial charge in [-0.3, -0.25) is 0 Å². The van der Waals surface area contributed by atoms with Crippen molar-refractivity contribution in [3.8, 4) is 5.75 Å². The van der Waals surface area contributed by atoms with E-state index in [1.807, 2.05) is 24.3 Å². The molecule has 0 saturated carbocycles. The van der Waals surface area contributed by atoms with Gasteiger partial charge in [0.1, 0.15) is 11.6 Å². The van der Waals surface area contributed by atoms with E-state index in [9.17, 15) is 9.50 Å². The van der Waals surface area contributed by atoms with Crippen molar-refractivity contribution in [1.29, 1.82) is 0 Å². The molecule has 4 heteroatoms. The number of halogens is 2. The average Bonchev–Trinajstić information content (AvgIpc) is 2.87. The van der Waals surface area contributed by atoms with Gasteiger partial charge in [0.05, 0.1) is 12.7 Å². The topological polar surface area (TPSA) is 29.5 Å². The van der Waals surface area contributed by atoms with Crippen LogP contribution in [0.1, 0.15) is 17.0 Å². The van der Waals surface area contributed by atoms with Gasteiger partial charge in [-0.15, -0.1) is 0 Å². The summed E-state index contributed by atoms with van der Waals surface area (Å²) in [5.74, 6) is 0.313. The third kappa shape index (κ3) is 2.51. The molecular weight excluding hydrogens is 279 g/mol. The highest BCUT2D eigenvalue weighted by Crippen LogP contribution is 2.36. The van der Waals surface area contributed by atoms with Crippen molar-refractivity contribution in [2.45, 2.75) is 18.4 Å². The van der Waals surface area contributed by atoms with E-state index < -0.39 is 6.10 Å². The minimum absolute atomic E-state index is 0.135. The van der Waals surface area contributed by atoms with Crippen LogP contribution in [0.4, 0.5) is 4.39 Å². The van der Waals surface area contributed by atoms with E-state index >= 15 is 0 Å². The summed E-state index contributed by atoms with van der Waals surface area (Å²) in [7, 11) is 0. The molecule has 2 unspecified atom stereocenters. The molecule has 0 aliphatic carbocycles. The van der Waals surface area contributed by atoms with Gasteiger partial charge in [0, 0.05) is 22.9 Å². The fourth-order valence-electron chi connectivity index (χ4n) is 2.57. The molecule has 0 radical (unpaired) electrons. The molecule has 1 heterocycles. The highest BCUT2D eigenvalue weighted by molar-refractivity contribution is 6.30. The Morgan fingerprint density at radius 1 is 1.30 bits per heavy atom. The lowest BCUT2D eigenvalue weighted by atomic mass is 9.91. The monoisotopic (exact) mass is 292 g/mol. The van der Waals surface area contributed by atoms with Gasteiger partial charge in [-0.2, -0.15) is 0 Å². The fraction of sp³-hybridized carbons (Fsp3) is 0.250. The first-order chi connectivity index (χ1) is 9.65. The second-order valence-corrected chi connectivity index (χ2v) is 5.40. The molecule has 2 nitrogen and oxygen atoms in total. The molecule has 1 aliphatic heterocycles. The smallest absolute Gasteiger partial charge is 0.126 e. The van der Waals surface area contributed by atoms with Crippen molar-refractivity contribution in [3.05, 3.63) is 64.4 Å². The van der Waals surface area contributed by atoms with Crippen LogP contribution in [0.2, 0.25) is 5.02 Å². The van der Waals surface area contributed by atoms with Crippen molar-refractivity contribution < 1.29 is 14.2 Å². The van der Waals surface area contributed by atoms with E-state index in [2.05, 4.69) is 0 Å². The highest BCUT2D eigenvalue weighted by Gasteiger charge is 2.30. The Balaban J connectivity index is 1.81. The second-order valence-electron chi connectivity index (χ2n) is 4.96. The summed E-state index contributed by atoms with van der Waals surface area (Å²) in [5, 5.41) is 10.8. The van der Waals surface area contributed by atoms with Gasteiger partial charge < -0.3 is 9.84 Å². The molecule has 2 aromatic carbocycles. The number of rotatable bonds is 3. The van der Waals surface area contributed by atoms with Crippen LogP contribution in [0.25, 0.3) is 0 Å². The second kappa shape index (κ2) is 5.43. The first kappa shape index (κ1) is 13.4. The average molecular weight is 293 g/mol. The first-order valence-corrected chi connectivity index (χ1v) is 6.86. The van der Waals surface area contributed by atoms with Crippen LogP contribution in [-0.2, 0) is 6.42 Å². The lowest BCUT2D eigenvalue weighted by molar-refractivity contribution is 0.128. The Hall–Kier alpha value is -1.58. The third-order valence-electron chi connectivity index (χ3n) is 3.64. The molecule has 2 atom stereocenters. The fourth-order valence-corrected chi connectivity index (χ4v) is 2.77. The number of fused-ring (bicyclic) bond motifs is 1. The lowest BCUT2D eigenvalue weighted by Gasteiger charge is -2.17. The van der Waals surface area contributed by atoms with Crippen molar-refractivity contribution in [1.82, 2.24) is 0 Å². The summed E-state index contributed by atoms with van der Waals surface area (Å²) in [6.45, 7) is 0.419. The summed E-state index contributed by atoms with van der Waals surface area (Å²) in [4.78, 5) is 0. The molecule has 1 N–H and O–H groups in total. The molecule has 20 heavy (non-hydrogen) atoms. The highest BCUT2D eigenvalue weighted by atomic mass is 35.5. The number of benzene rings is 2. The Bertz CT molecular complexity index is 630. The zero-order chi connectivity index (χ0) is 14.1. The van der Waals surface area contributed by atoms with E-state index in [-0.39, 0.29) is 18.2 Å². The predicted octanol–water partition coefficient (Wildman–Crippen LogP) is 3.56. The zero-order valence-corrected chi connectivity index (χ0v) is 11.5. The van der Waals surface area contributed by atoms with Gasteiger partial charge in [-0.25, -0.2) is 4.39 Å². The number of para-hydroxylation sites is 1. The number of ether oxygens (including phenoxy) is 1. The van der Waals surface area contributed by atoms with Crippen LogP contribution >= 0.6 is 11.6 Å². The Kier molecular flexibility index (Phi) is 3.64. The molecule has 0 bridgehead atoms. The molecule has 0 fully saturated rings. The standard InChI is InChI=1S/C16H14ClFO2/c17-11-5-6-14(18)10(7-11)8-15(19)13-9-20-16-4-2-1-3-12(13)16/h1-7,13,15,19H,8-9H2. The van der Waals surface area contributed by atoms with Crippen LogP contribution < -0.4 is 4.74 Å². The summed E-state index contributed by atoms with van der Waals surface area (Å²) in [5.41, 5.74) is 1.40. The largest absolute Gasteiger partial charge is 0.493 e. The molecule has 1 aliphatic rings. The molecule has 2 aromatic rings. The zero-order valence-electron chi connectivity index (χ0n) is 10.7. The summed E-state index contributed by atoms with van der Waals surface area (Å²) < 4.78 is 19.3. The Morgan fingerprint density at radius 2 is 2.10 bits per heavy atom. The summed E-state index contributed by atoms with van der Waals surface area (Å²) >= 11 is 5.87. The van der Waals surface area contributed by atoms with E-state index in [4.69, 9.17) is 16.3 Å². The van der Waals surface area contributed by atoms with E-state index in [1.165, 1.54) is 12.1 Å². The normalized spacial score (nSPS) is 18.4. The number of hydrogen-bond donors (Lipinski definition) is 1. The van der Waals surface area contributed by atoms with Crippen molar-refractivity contribution >= 4 is 11.6 Å². The molecule has 0 amide bonds. The number of aliphatic hydroxyl groups excluding tert-OH is 1. The molecule has 104 valence electrons. The van der Waals surface area contributed by atoms with Crippen LogP contribution in [0, 0.1) is 5.82 Å². The van der Waals surface area contributed by atoms with Crippen LogP contribution in [0.3, 0.4) is 0 Å². The van der Waals surface area contributed by atoms with Crippen LogP contribution in [0.5, 0.6) is 5.75 Å². The Morgan fingerprint density at radius 3 is 2.95 bits per heavy atom. The van der Waals surface area contributed by atoms with E-state index in [1.54, 1.807) is 6.07 Å². The molecule has 3 rings (SSSR count). The molecule has 0 aromatic heterocycles. The molecular formula is C16H14ClFO2. The maximum Gasteiger partial charge on any atom is 0.126 e. The lowest BCUT2D eigenvalue weighted by Crippen LogP contribution is -2.22. The predicted molar refractivity (Wildman–Crippen MR) is 75.8 cm³/mol. The van der Waals surface area contributed by atoms with Crippen molar-refractivity contribution in [3.63, 3.8) is 0 Å². The van der Waals surface area contributed by atoms with Gasteiger partial charge in [0.2, 0.25) is 0 Å². The van der Waals surface area contributed by atoms with Gasteiger partial charge in [0.25, 0.3) is 0 Å². The maximum absolute atomic E-state index is 13.7. The summed E-state index contributed by atoms with van der Waals surface area (Å²) in [6.07, 6.45) is -0.485. The van der Waals surface area contributed by atoms with Gasteiger partial charge in [-0.05, 0) is 29.8 Å². The molecule has 0 spiro atoms. The van der Waals surface area contributed by atoms with E-state index in [0.29, 0.717) is 17.2 Å². The van der Waals surface area contributed by atoms with Crippen LogP contribution in [-0.4, -0.2) is 17.8 Å². The SMILES string of the molecule is OC(Cc1cc(Cl)ccc1F)C1COc2ccccc21. The number of aliphatic hydroxyl groups is 1. The van der Waals surface area contributed by atoms with E-state index in [0.717, 1.165) is 11.3 Å². The van der Waals surface area contributed by atoms with Gasteiger partial charge >= 0.3 is 0 Å². The number of hydrogen-bond acceptors (Lipinski definition) is 2. The van der Waals surface area contributed by atoms with Gasteiger partial charge in [0.15, 0.2) is 0 Å². The van der Waals surface area contributed by atoms with Crippen molar-refractivity contribution in [2.24, 2.45) is 0 Å². The van der Waals surface area contributed by atoms with Gasteiger partial charge in [-0.1, -0.05) is 29.8 Å². The summed E-state index contributed by atoms with van der Waals surface area (Å²) in [6, 6.07) is 12.0. The molecule has 0 saturated heterocycles. The first-order valence-electron chi connectivity index (χ1n) is 6.49. The van der Waals surface area contributed by atoms with Crippen LogP contribution in [0.15, 0.2) is 42.5 Å².